The van der Waals surface area contributed by atoms with E-state index in [0.29, 0.717) is 0 Å². The fraction of sp³-hybridized carbons (Fsp3) is 1.00. The lowest BCUT2D eigenvalue weighted by Gasteiger charge is -2.23. The van der Waals surface area contributed by atoms with Crippen LogP contribution in [0.15, 0.2) is 0 Å². The Kier molecular flexibility index (Phi) is 8.96. The SMILES string of the molecule is CCCCC(CC)CNCCC(C)(C)OC. The van der Waals surface area contributed by atoms with Crippen molar-refractivity contribution >= 4 is 0 Å². The molecular weight excluding hydrogens is 198 g/mol. The monoisotopic (exact) mass is 229 g/mol. The fourth-order valence-corrected chi connectivity index (χ4v) is 1.74. The minimum absolute atomic E-state index is 0.0120. The van der Waals surface area contributed by atoms with Crippen LogP contribution in [-0.4, -0.2) is 25.8 Å². The molecule has 0 fully saturated rings. The highest BCUT2D eigenvalue weighted by molar-refractivity contribution is 4.70. The van der Waals surface area contributed by atoms with Crippen molar-refractivity contribution in [2.24, 2.45) is 5.92 Å². The molecule has 1 N–H and O–H groups in total. The molecule has 0 rings (SSSR count). The van der Waals surface area contributed by atoms with Crippen molar-refractivity contribution in [3.8, 4) is 0 Å². The summed E-state index contributed by atoms with van der Waals surface area (Å²) in [6.45, 7) is 11.1. The molecule has 2 heteroatoms. The third-order valence-corrected chi connectivity index (χ3v) is 3.43. The number of rotatable bonds is 10. The second-order valence-corrected chi connectivity index (χ2v) is 5.33. The first-order chi connectivity index (χ1) is 7.55. The lowest BCUT2D eigenvalue weighted by atomic mass is 9.99. The molecule has 1 atom stereocenters. The minimum atomic E-state index is 0.0120. The molecule has 0 bridgehead atoms. The van der Waals surface area contributed by atoms with Gasteiger partial charge in [0.05, 0.1) is 5.60 Å². The molecule has 1 unspecified atom stereocenters. The van der Waals surface area contributed by atoms with Gasteiger partial charge in [-0.15, -0.1) is 0 Å². The third-order valence-electron chi connectivity index (χ3n) is 3.43. The predicted octanol–water partition coefficient (Wildman–Crippen LogP) is 3.61. The van der Waals surface area contributed by atoms with E-state index in [0.717, 1.165) is 25.4 Å². The third kappa shape index (κ3) is 8.12. The molecule has 0 radical (unpaired) electrons. The van der Waals surface area contributed by atoms with E-state index in [1.807, 2.05) is 0 Å². The largest absolute Gasteiger partial charge is 0.379 e. The molecule has 0 aromatic rings. The lowest BCUT2D eigenvalue weighted by molar-refractivity contribution is 0.0157. The number of methoxy groups -OCH3 is 1. The van der Waals surface area contributed by atoms with Crippen molar-refractivity contribution in [1.29, 1.82) is 0 Å². The van der Waals surface area contributed by atoms with E-state index in [4.69, 9.17) is 4.74 Å². The Balaban J connectivity index is 3.55. The number of unbranched alkanes of at least 4 members (excludes halogenated alkanes) is 1. The van der Waals surface area contributed by atoms with Crippen molar-refractivity contribution in [1.82, 2.24) is 5.32 Å². The summed E-state index contributed by atoms with van der Waals surface area (Å²) in [7, 11) is 1.79. The Morgan fingerprint density at radius 2 is 1.94 bits per heavy atom. The average Bonchev–Trinajstić information content (AvgIpc) is 2.28. The molecule has 0 aromatic carbocycles. The first kappa shape index (κ1) is 15.9. The highest BCUT2D eigenvalue weighted by atomic mass is 16.5. The molecular formula is C14H31NO. The number of nitrogens with one attached hydrogen (secondary N) is 1. The zero-order valence-corrected chi connectivity index (χ0v) is 11.9. The summed E-state index contributed by atoms with van der Waals surface area (Å²) in [6, 6.07) is 0. The van der Waals surface area contributed by atoms with Gasteiger partial charge in [-0.25, -0.2) is 0 Å². The van der Waals surface area contributed by atoms with Gasteiger partial charge in [-0.1, -0.05) is 33.1 Å². The van der Waals surface area contributed by atoms with Gasteiger partial charge in [-0.2, -0.15) is 0 Å². The van der Waals surface area contributed by atoms with Gasteiger partial charge in [-0.05, 0) is 45.7 Å². The van der Waals surface area contributed by atoms with Crippen molar-refractivity contribution < 1.29 is 4.74 Å². The fourth-order valence-electron chi connectivity index (χ4n) is 1.74. The summed E-state index contributed by atoms with van der Waals surface area (Å²) in [5.74, 6) is 0.852. The van der Waals surface area contributed by atoms with E-state index in [9.17, 15) is 0 Å². The molecule has 0 aliphatic heterocycles. The van der Waals surface area contributed by atoms with Gasteiger partial charge >= 0.3 is 0 Å². The molecule has 2 nitrogen and oxygen atoms in total. The molecule has 0 aliphatic rings. The van der Waals surface area contributed by atoms with Crippen molar-refractivity contribution in [3.05, 3.63) is 0 Å². The summed E-state index contributed by atoms with van der Waals surface area (Å²) in [6.07, 6.45) is 6.42. The van der Waals surface area contributed by atoms with Crippen molar-refractivity contribution in [2.75, 3.05) is 20.2 Å². The Morgan fingerprint density at radius 1 is 1.25 bits per heavy atom. The summed E-state index contributed by atoms with van der Waals surface area (Å²) < 4.78 is 5.40. The van der Waals surface area contributed by atoms with E-state index < -0.39 is 0 Å². The average molecular weight is 229 g/mol. The van der Waals surface area contributed by atoms with Gasteiger partial charge in [0.2, 0.25) is 0 Å². The second kappa shape index (κ2) is 9.00. The van der Waals surface area contributed by atoms with Crippen LogP contribution in [0.3, 0.4) is 0 Å². The molecule has 0 amide bonds. The van der Waals surface area contributed by atoms with Gasteiger partial charge < -0.3 is 10.1 Å². The number of hydrogen-bond donors (Lipinski definition) is 1. The first-order valence-electron chi connectivity index (χ1n) is 6.81. The molecule has 0 aliphatic carbocycles. The minimum Gasteiger partial charge on any atom is -0.379 e. The van der Waals surface area contributed by atoms with Crippen LogP contribution in [-0.2, 0) is 4.74 Å². The molecule has 0 saturated carbocycles. The second-order valence-electron chi connectivity index (χ2n) is 5.33. The van der Waals surface area contributed by atoms with Crippen LogP contribution in [0.1, 0.15) is 59.8 Å². The number of ether oxygens (including phenoxy) is 1. The van der Waals surface area contributed by atoms with Crippen LogP contribution in [0.25, 0.3) is 0 Å². The van der Waals surface area contributed by atoms with Crippen LogP contribution in [0, 0.1) is 5.92 Å². The van der Waals surface area contributed by atoms with E-state index in [1.165, 1.54) is 25.7 Å². The quantitative estimate of drug-likeness (QED) is 0.578. The normalized spacial score (nSPS) is 14.1. The standard InChI is InChI=1S/C14H31NO/c1-6-8-9-13(7-2)12-15-11-10-14(3,4)16-5/h13,15H,6-12H2,1-5H3. The Labute approximate surface area is 102 Å². The topological polar surface area (TPSA) is 21.3 Å². The van der Waals surface area contributed by atoms with Crippen LogP contribution in [0.5, 0.6) is 0 Å². The Bertz CT molecular complexity index is 157. The van der Waals surface area contributed by atoms with Crippen LogP contribution < -0.4 is 5.32 Å². The van der Waals surface area contributed by atoms with E-state index in [1.54, 1.807) is 7.11 Å². The van der Waals surface area contributed by atoms with Crippen LogP contribution in [0.2, 0.25) is 0 Å². The predicted molar refractivity (Wildman–Crippen MR) is 71.9 cm³/mol. The van der Waals surface area contributed by atoms with E-state index >= 15 is 0 Å². The molecule has 16 heavy (non-hydrogen) atoms. The van der Waals surface area contributed by atoms with Crippen molar-refractivity contribution in [3.63, 3.8) is 0 Å². The van der Waals surface area contributed by atoms with Crippen LogP contribution in [0.4, 0.5) is 0 Å². The summed E-state index contributed by atoms with van der Waals surface area (Å²) >= 11 is 0. The molecule has 0 heterocycles. The lowest BCUT2D eigenvalue weighted by Crippen LogP contribution is -2.31. The molecule has 98 valence electrons. The Morgan fingerprint density at radius 3 is 2.44 bits per heavy atom. The maximum atomic E-state index is 5.40. The number of hydrogen-bond acceptors (Lipinski definition) is 2. The first-order valence-corrected chi connectivity index (χ1v) is 6.81. The van der Waals surface area contributed by atoms with Gasteiger partial charge in [0.25, 0.3) is 0 Å². The maximum absolute atomic E-state index is 5.40. The zero-order chi connectivity index (χ0) is 12.4. The van der Waals surface area contributed by atoms with Crippen molar-refractivity contribution in [2.45, 2.75) is 65.4 Å². The summed E-state index contributed by atoms with van der Waals surface area (Å²) in [4.78, 5) is 0. The summed E-state index contributed by atoms with van der Waals surface area (Å²) in [5.41, 5.74) is 0.0120. The van der Waals surface area contributed by atoms with E-state index in [2.05, 4.69) is 33.0 Å². The maximum Gasteiger partial charge on any atom is 0.0634 e. The van der Waals surface area contributed by atoms with E-state index in [-0.39, 0.29) is 5.60 Å². The van der Waals surface area contributed by atoms with Gasteiger partial charge in [-0.3, -0.25) is 0 Å². The summed E-state index contributed by atoms with van der Waals surface area (Å²) in [5, 5.41) is 3.56. The molecule has 0 saturated heterocycles. The van der Waals surface area contributed by atoms with Gasteiger partial charge in [0.15, 0.2) is 0 Å². The van der Waals surface area contributed by atoms with Gasteiger partial charge in [0.1, 0.15) is 0 Å². The smallest absolute Gasteiger partial charge is 0.0634 e. The highest BCUT2D eigenvalue weighted by Gasteiger charge is 2.15. The zero-order valence-electron chi connectivity index (χ0n) is 11.9. The van der Waals surface area contributed by atoms with Crippen LogP contribution >= 0.6 is 0 Å². The highest BCUT2D eigenvalue weighted by Crippen LogP contribution is 2.13. The van der Waals surface area contributed by atoms with Gasteiger partial charge in [0, 0.05) is 7.11 Å². The molecule has 0 aromatic heterocycles. The Hall–Kier alpha value is -0.0800. The molecule has 0 spiro atoms.